The Labute approximate surface area is 81.7 Å². The minimum atomic E-state index is 0.912. The predicted molar refractivity (Wildman–Crippen MR) is 54.2 cm³/mol. The third kappa shape index (κ3) is 1.60. The van der Waals surface area contributed by atoms with Gasteiger partial charge in [0.05, 0.1) is 3.57 Å². The lowest BCUT2D eigenvalue weighted by Crippen LogP contribution is -1.94. The number of hydrogen-bond donors (Lipinski definition) is 1. The summed E-state index contributed by atoms with van der Waals surface area (Å²) in [5, 5.41) is 2.99. The van der Waals surface area contributed by atoms with Crippen molar-refractivity contribution in [3.63, 3.8) is 0 Å². The highest BCUT2D eigenvalue weighted by Gasteiger charge is 2.00. The Morgan fingerprint density at radius 1 is 1.70 bits per heavy atom. The van der Waals surface area contributed by atoms with E-state index in [1.807, 2.05) is 13.1 Å². The van der Waals surface area contributed by atoms with E-state index in [0.29, 0.717) is 0 Å². The molecule has 0 aromatic carbocycles. The van der Waals surface area contributed by atoms with Crippen molar-refractivity contribution in [2.45, 2.75) is 0 Å². The first-order chi connectivity index (χ1) is 4.75. The Morgan fingerprint density at radius 2 is 2.40 bits per heavy atom. The smallest absolute Gasteiger partial charge is 0.140 e. The van der Waals surface area contributed by atoms with Crippen molar-refractivity contribution in [2.75, 3.05) is 12.4 Å². The molecule has 0 amide bonds. The molecule has 10 heavy (non-hydrogen) atoms. The van der Waals surface area contributed by atoms with E-state index in [1.54, 1.807) is 6.20 Å². The van der Waals surface area contributed by atoms with Gasteiger partial charge in [-0.3, -0.25) is 0 Å². The molecule has 0 atom stereocenters. The molecule has 0 aliphatic rings. The van der Waals surface area contributed by atoms with Gasteiger partial charge in [0.25, 0.3) is 0 Å². The average molecular weight is 313 g/mol. The third-order valence-corrected chi connectivity index (χ3v) is 3.57. The van der Waals surface area contributed by atoms with Crippen LogP contribution < -0.4 is 5.32 Å². The van der Waals surface area contributed by atoms with E-state index in [1.165, 1.54) is 0 Å². The maximum Gasteiger partial charge on any atom is 0.140 e. The summed E-state index contributed by atoms with van der Waals surface area (Å²) >= 11 is 5.63. The second-order valence-corrected chi connectivity index (χ2v) is 3.64. The van der Waals surface area contributed by atoms with E-state index in [4.69, 9.17) is 0 Å². The molecular formula is C6H6BrIN2. The highest BCUT2D eigenvalue weighted by molar-refractivity contribution is 14.1. The van der Waals surface area contributed by atoms with E-state index in [0.717, 1.165) is 13.9 Å². The summed E-state index contributed by atoms with van der Waals surface area (Å²) in [6.45, 7) is 0. The molecule has 0 aliphatic carbocycles. The third-order valence-electron chi connectivity index (χ3n) is 1.08. The second-order valence-electron chi connectivity index (χ2n) is 1.71. The summed E-state index contributed by atoms with van der Waals surface area (Å²) < 4.78 is 2.19. The molecule has 54 valence electrons. The van der Waals surface area contributed by atoms with Gasteiger partial charge in [-0.15, -0.1) is 0 Å². The fraction of sp³-hybridized carbons (Fsp3) is 0.167. The minimum absolute atomic E-state index is 0.912. The summed E-state index contributed by atoms with van der Waals surface area (Å²) in [5.41, 5.74) is 0. The van der Waals surface area contributed by atoms with Gasteiger partial charge in [0.15, 0.2) is 0 Å². The number of nitrogens with zero attached hydrogens (tertiary/aromatic N) is 1. The van der Waals surface area contributed by atoms with Crippen molar-refractivity contribution < 1.29 is 0 Å². The fourth-order valence-electron chi connectivity index (χ4n) is 0.594. The van der Waals surface area contributed by atoms with Crippen molar-refractivity contribution in [1.82, 2.24) is 4.98 Å². The molecule has 2 nitrogen and oxygen atoms in total. The average Bonchev–Trinajstić information content (AvgIpc) is 1.95. The molecule has 0 spiro atoms. The van der Waals surface area contributed by atoms with Gasteiger partial charge in [0, 0.05) is 17.7 Å². The fourth-order valence-corrected chi connectivity index (χ4v) is 1.49. The van der Waals surface area contributed by atoms with Crippen LogP contribution in [0.5, 0.6) is 0 Å². The van der Waals surface area contributed by atoms with Gasteiger partial charge in [-0.1, -0.05) is 0 Å². The first-order valence-corrected chi connectivity index (χ1v) is 4.60. The van der Waals surface area contributed by atoms with E-state index in [9.17, 15) is 0 Å². The Kier molecular flexibility index (Phi) is 2.91. The molecule has 0 aliphatic heterocycles. The lowest BCUT2D eigenvalue weighted by molar-refractivity contribution is 1.26. The molecule has 0 fully saturated rings. The standard InChI is InChI=1S/C6H6BrIN2/c1-9-6-5(8)4(7)2-3-10-6/h2-3H,1H3,(H,9,10). The lowest BCUT2D eigenvalue weighted by atomic mass is 10.5. The van der Waals surface area contributed by atoms with Gasteiger partial charge in [0.2, 0.25) is 0 Å². The van der Waals surface area contributed by atoms with Crippen LogP contribution >= 0.6 is 38.5 Å². The Morgan fingerprint density at radius 3 is 2.90 bits per heavy atom. The zero-order chi connectivity index (χ0) is 7.56. The van der Waals surface area contributed by atoms with Crippen molar-refractivity contribution >= 4 is 44.3 Å². The van der Waals surface area contributed by atoms with Crippen LogP contribution in [0.1, 0.15) is 0 Å². The molecular weight excluding hydrogens is 307 g/mol. The summed E-state index contributed by atoms with van der Waals surface area (Å²) in [7, 11) is 1.86. The Hall–Kier alpha value is 0.160. The minimum Gasteiger partial charge on any atom is -0.372 e. The Balaban J connectivity index is 3.14. The van der Waals surface area contributed by atoms with Crippen molar-refractivity contribution in [2.24, 2.45) is 0 Å². The highest BCUT2D eigenvalue weighted by Crippen LogP contribution is 2.23. The largest absolute Gasteiger partial charge is 0.372 e. The van der Waals surface area contributed by atoms with Crippen molar-refractivity contribution in [3.8, 4) is 0 Å². The number of rotatable bonds is 1. The van der Waals surface area contributed by atoms with Crippen LogP contribution in [0.2, 0.25) is 0 Å². The first-order valence-electron chi connectivity index (χ1n) is 2.73. The van der Waals surface area contributed by atoms with Crippen LogP contribution in [0.15, 0.2) is 16.7 Å². The quantitative estimate of drug-likeness (QED) is 0.806. The monoisotopic (exact) mass is 312 g/mol. The van der Waals surface area contributed by atoms with E-state index in [2.05, 4.69) is 48.8 Å². The predicted octanol–water partition coefficient (Wildman–Crippen LogP) is 2.49. The first kappa shape index (κ1) is 8.26. The van der Waals surface area contributed by atoms with E-state index >= 15 is 0 Å². The molecule has 1 aromatic rings. The molecule has 1 N–H and O–H groups in total. The summed E-state index contributed by atoms with van der Waals surface area (Å²) in [6, 6.07) is 1.92. The number of hydrogen-bond acceptors (Lipinski definition) is 2. The molecule has 1 heterocycles. The van der Waals surface area contributed by atoms with Crippen molar-refractivity contribution in [3.05, 3.63) is 20.3 Å². The summed E-state index contributed by atoms with van der Waals surface area (Å²) in [4.78, 5) is 4.11. The maximum absolute atomic E-state index is 4.11. The molecule has 0 saturated heterocycles. The molecule has 0 unspecified atom stereocenters. The molecule has 0 saturated carbocycles. The van der Waals surface area contributed by atoms with Crippen LogP contribution in [-0.2, 0) is 0 Å². The van der Waals surface area contributed by atoms with E-state index < -0.39 is 0 Å². The van der Waals surface area contributed by atoms with Crippen molar-refractivity contribution in [1.29, 1.82) is 0 Å². The van der Waals surface area contributed by atoms with Gasteiger partial charge in [-0.2, -0.15) is 0 Å². The lowest BCUT2D eigenvalue weighted by Gasteiger charge is -2.01. The van der Waals surface area contributed by atoms with Crippen LogP contribution in [0.3, 0.4) is 0 Å². The van der Waals surface area contributed by atoms with Crippen LogP contribution in [0.4, 0.5) is 5.82 Å². The normalized spacial score (nSPS) is 9.50. The number of nitrogens with one attached hydrogen (secondary N) is 1. The van der Waals surface area contributed by atoms with Gasteiger partial charge < -0.3 is 5.32 Å². The number of aromatic nitrogens is 1. The maximum atomic E-state index is 4.11. The second kappa shape index (κ2) is 3.52. The molecule has 1 aromatic heterocycles. The van der Waals surface area contributed by atoms with Crippen LogP contribution in [0, 0.1) is 3.57 Å². The van der Waals surface area contributed by atoms with Gasteiger partial charge in [-0.25, -0.2) is 4.98 Å². The van der Waals surface area contributed by atoms with Gasteiger partial charge in [0.1, 0.15) is 5.82 Å². The number of halogens is 2. The summed E-state index contributed by atoms with van der Waals surface area (Å²) in [6.07, 6.45) is 1.76. The topological polar surface area (TPSA) is 24.9 Å². The zero-order valence-corrected chi connectivity index (χ0v) is 9.10. The van der Waals surface area contributed by atoms with Gasteiger partial charge >= 0.3 is 0 Å². The summed E-state index contributed by atoms with van der Waals surface area (Å²) in [5.74, 6) is 0.912. The Bertz CT molecular complexity index is 239. The van der Waals surface area contributed by atoms with E-state index in [-0.39, 0.29) is 0 Å². The molecule has 0 radical (unpaired) electrons. The molecule has 0 bridgehead atoms. The number of pyridine rings is 1. The zero-order valence-electron chi connectivity index (χ0n) is 5.36. The van der Waals surface area contributed by atoms with Gasteiger partial charge in [-0.05, 0) is 44.6 Å². The molecule has 1 rings (SSSR count). The molecule has 4 heteroatoms. The highest BCUT2D eigenvalue weighted by atomic mass is 127. The SMILES string of the molecule is CNc1nccc(Br)c1I. The number of anilines is 1. The van der Waals surface area contributed by atoms with Crippen LogP contribution in [0.25, 0.3) is 0 Å². The van der Waals surface area contributed by atoms with Crippen LogP contribution in [-0.4, -0.2) is 12.0 Å².